The number of thiophene rings is 1. The molecule has 136 valence electrons. The predicted octanol–water partition coefficient (Wildman–Crippen LogP) is 3.69. The van der Waals surface area contributed by atoms with Crippen LogP contribution >= 0.6 is 11.3 Å². The van der Waals surface area contributed by atoms with E-state index >= 15 is 0 Å². The van der Waals surface area contributed by atoms with Gasteiger partial charge in [-0.15, -0.1) is 11.3 Å². The summed E-state index contributed by atoms with van der Waals surface area (Å²) in [6, 6.07) is 4.77. The number of aryl methyl sites for hydroxylation is 2. The predicted molar refractivity (Wildman–Crippen MR) is 107 cm³/mol. The van der Waals surface area contributed by atoms with Crippen LogP contribution in [0, 0.1) is 0 Å². The minimum Gasteiger partial charge on any atom is -0.367 e. The first-order chi connectivity index (χ1) is 12.8. The van der Waals surface area contributed by atoms with E-state index in [2.05, 4.69) is 56.1 Å². The first kappa shape index (κ1) is 17.1. The Labute approximate surface area is 157 Å². The minimum absolute atomic E-state index is 0.432. The molecular weight excluding hydrogens is 344 g/mol. The van der Waals surface area contributed by atoms with E-state index in [1.165, 1.54) is 4.88 Å². The molecule has 4 rings (SSSR count). The van der Waals surface area contributed by atoms with Gasteiger partial charge >= 0.3 is 0 Å². The van der Waals surface area contributed by atoms with E-state index < -0.39 is 0 Å². The van der Waals surface area contributed by atoms with Crippen LogP contribution < -0.4 is 10.2 Å². The standard InChI is InChI=1S/C19H24N6S/c1-3-13-9-17(21-11-20-13)25-7-5-14(6-8-25)24-18-16-10-15(4-2)26-19(16)23-12-22-18/h9-12,14H,3-8H2,1-2H3,(H,22,23,24). The second-order valence-corrected chi connectivity index (χ2v) is 7.75. The number of nitrogens with one attached hydrogen (secondary N) is 1. The number of hydrogen-bond donors (Lipinski definition) is 1. The summed E-state index contributed by atoms with van der Waals surface area (Å²) in [7, 11) is 0. The molecule has 1 N–H and O–H groups in total. The Morgan fingerprint density at radius 2 is 1.85 bits per heavy atom. The molecule has 3 aromatic rings. The summed E-state index contributed by atoms with van der Waals surface area (Å²) in [5.41, 5.74) is 1.10. The van der Waals surface area contributed by atoms with Crippen molar-refractivity contribution < 1.29 is 0 Å². The van der Waals surface area contributed by atoms with Crippen molar-refractivity contribution in [2.75, 3.05) is 23.3 Å². The van der Waals surface area contributed by atoms with Crippen LogP contribution in [0.5, 0.6) is 0 Å². The van der Waals surface area contributed by atoms with Gasteiger partial charge in [0.1, 0.15) is 29.1 Å². The molecule has 1 saturated heterocycles. The third kappa shape index (κ3) is 3.49. The van der Waals surface area contributed by atoms with Gasteiger partial charge in [-0.25, -0.2) is 19.9 Å². The number of aromatic nitrogens is 4. The lowest BCUT2D eigenvalue weighted by Gasteiger charge is -2.33. The number of rotatable bonds is 5. The maximum Gasteiger partial charge on any atom is 0.138 e. The molecule has 0 unspecified atom stereocenters. The molecule has 1 aliphatic rings. The van der Waals surface area contributed by atoms with Crippen molar-refractivity contribution >= 4 is 33.2 Å². The quantitative estimate of drug-likeness (QED) is 0.741. The smallest absolute Gasteiger partial charge is 0.138 e. The van der Waals surface area contributed by atoms with Crippen molar-refractivity contribution in [2.24, 2.45) is 0 Å². The second kappa shape index (κ2) is 7.53. The van der Waals surface area contributed by atoms with Crippen LogP contribution in [0.15, 0.2) is 24.8 Å². The van der Waals surface area contributed by atoms with Gasteiger partial charge in [0.15, 0.2) is 0 Å². The molecule has 3 aromatic heterocycles. The normalized spacial score (nSPS) is 15.5. The molecule has 26 heavy (non-hydrogen) atoms. The molecule has 4 heterocycles. The first-order valence-corrected chi connectivity index (χ1v) is 10.1. The van der Waals surface area contributed by atoms with E-state index in [9.17, 15) is 0 Å². The number of fused-ring (bicyclic) bond motifs is 1. The molecule has 0 saturated carbocycles. The SMILES string of the molecule is CCc1cc(N2CCC(Nc3ncnc4sc(CC)cc34)CC2)ncn1. The highest BCUT2D eigenvalue weighted by molar-refractivity contribution is 7.18. The summed E-state index contributed by atoms with van der Waals surface area (Å²) in [4.78, 5) is 22.4. The molecule has 0 amide bonds. The highest BCUT2D eigenvalue weighted by Crippen LogP contribution is 2.30. The van der Waals surface area contributed by atoms with Gasteiger partial charge in [-0.3, -0.25) is 0 Å². The molecule has 0 spiro atoms. The molecule has 0 radical (unpaired) electrons. The lowest BCUT2D eigenvalue weighted by molar-refractivity contribution is 0.522. The number of anilines is 2. The molecular formula is C19H24N6S. The van der Waals surface area contributed by atoms with E-state index in [1.807, 2.05) is 0 Å². The van der Waals surface area contributed by atoms with E-state index in [1.54, 1.807) is 24.0 Å². The summed E-state index contributed by atoms with van der Waals surface area (Å²) in [5.74, 6) is 2.02. The Hall–Kier alpha value is -2.28. The van der Waals surface area contributed by atoms with E-state index in [0.29, 0.717) is 6.04 Å². The van der Waals surface area contributed by atoms with Gasteiger partial charge < -0.3 is 10.2 Å². The Kier molecular flexibility index (Phi) is 4.97. The fourth-order valence-corrected chi connectivity index (χ4v) is 4.33. The molecule has 0 aromatic carbocycles. The minimum atomic E-state index is 0.432. The molecule has 0 bridgehead atoms. The zero-order chi connectivity index (χ0) is 17.9. The Morgan fingerprint density at radius 1 is 1.04 bits per heavy atom. The topological polar surface area (TPSA) is 66.8 Å². The van der Waals surface area contributed by atoms with Crippen LogP contribution in [-0.4, -0.2) is 39.1 Å². The number of hydrogen-bond acceptors (Lipinski definition) is 7. The zero-order valence-corrected chi connectivity index (χ0v) is 16.1. The Balaban J connectivity index is 1.43. The van der Waals surface area contributed by atoms with Crippen molar-refractivity contribution in [3.8, 4) is 0 Å². The van der Waals surface area contributed by atoms with Crippen LogP contribution in [0.3, 0.4) is 0 Å². The van der Waals surface area contributed by atoms with Crippen LogP contribution in [0.2, 0.25) is 0 Å². The summed E-state index contributed by atoms with van der Waals surface area (Å²) >= 11 is 1.76. The molecule has 7 heteroatoms. The van der Waals surface area contributed by atoms with Gasteiger partial charge in [0, 0.05) is 35.8 Å². The second-order valence-electron chi connectivity index (χ2n) is 6.63. The molecule has 0 aliphatic carbocycles. The highest BCUT2D eigenvalue weighted by Gasteiger charge is 2.21. The summed E-state index contributed by atoms with van der Waals surface area (Å²) in [6.07, 6.45) is 7.47. The fraction of sp³-hybridized carbons (Fsp3) is 0.474. The van der Waals surface area contributed by atoms with Gasteiger partial charge in [0.05, 0.1) is 5.39 Å². The monoisotopic (exact) mass is 368 g/mol. The molecule has 6 nitrogen and oxygen atoms in total. The van der Waals surface area contributed by atoms with Gasteiger partial charge in [-0.05, 0) is 31.7 Å². The van der Waals surface area contributed by atoms with Gasteiger partial charge in [0.25, 0.3) is 0 Å². The maximum absolute atomic E-state index is 4.50. The summed E-state index contributed by atoms with van der Waals surface area (Å²) < 4.78 is 0. The lowest BCUT2D eigenvalue weighted by Crippen LogP contribution is -2.39. The summed E-state index contributed by atoms with van der Waals surface area (Å²) in [5, 5.41) is 4.80. The third-order valence-electron chi connectivity index (χ3n) is 4.96. The number of piperidine rings is 1. The Morgan fingerprint density at radius 3 is 2.62 bits per heavy atom. The molecule has 0 atom stereocenters. The third-order valence-corrected chi connectivity index (χ3v) is 6.15. The highest BCUT2D eigenvalue weighted by atomic mass is 32.1. The van der Waals surface area contributed by atoms with Gasteiger partial charge in [0.2, 0.25) is 0 Å². The molecule has 1 aliphatic heterocycles. The van der Waals surface area contributed by atoms with Crippen molar-refractivity contribution in [1.29, 1.82) is 0 Å². The lowest BCUT2D eigenvalue weighted by atomic mass is 10.0. The fourth-order valence-electron chi connectivity index (χ4n) is 3.39. The van der Waals surface area contributed by atoms with Crippen molar-refractivity contribution in [3.63, 3.8) is 0 Å². The number of nitrogens with zero attached hydrogens (tertiary/aromatic N) is 5. The van der Waals surface area contributed by atoms with E-state index in [0.717, 1.165) is 66.3 Å². The van der Waals surface area contributed by atoms with Crippen molar-refractivity contribution in [1.82, 2.24) is 19.9 Å². The average molecular weight is 369 g/mol. The Bertz CT molecular complexity index is 885. The summed E-state index contributed by atoms with van der Waals surface area (Å²) in [6.45, 7) is 6.29. The van der Waals surface area contributed by atoms with Crippen molar-refractivity contribution in [3.05, 3.63) is 35.4 Å². The van der Waals surface area contributed by atoms with Crippen LogP contribution in [0.25, 0.3) is 10.2 Å². The molecule has 1 fully saturated rings. The van der Waals surface area contributed by atoms with E-state index in [4.69, 9.17) is 0 Å². The average Bonchev–Trinajstić information content (AvgIpc) is 3.13. The maximum atomic E-state index is 4.50. The zero-order valence-electron chi connectivity index (χ0n) is 15.3. The van der Waals surface area contributed by atoms with Gasteiger partial charge in [-0.2, -0.15) is 0 Å². The largest absolute Gasteiger partial charge is 0.367 e. The first-order valence-electron chi connectivity index (χ1n) is 9.32. The van der Waals surface area contributed by atoms with Crippen LogP contribution in [-0.2, 0) is 12.8 Å². The van der Waals surface area contributed by atoms with Gasteiger partial charge in [-0.1, -0.05) is 13.8 Å². The van der Waals surface area contributed by atoms with Crippen LogP contribution in [0.1, 0.15) is 37.3 Å². The van der Waals surface area contributed by atoms with Crippen molar-refractivity contribution in [2.45, 2.75) is 45.6 Å². The van der Waals surface area contributed by atoms with E-state index in [-0.39, 0.29) is 0 Å². The van der Waals surface area contributed by atoms with Crippen LogP contribution in [0.4, 0.5) is 11.6 Å².